The molecule has 0 aromatic carbocycles. The van der Waals surface area contributed by atoms with Crippen molar-refractivity contribution < 1.29 is 4.74 Å². The lowest BCUT2D eigenvalue weighted by atomic mass is 10.2. The van der Waals surface area contributed by atoms with Gasteiger partial charge in [-0.3, -0.25) is 0 Å². The van der Waals surface area contributed by atoms with Gasteiger partial charge >= 0.3 is 0 Å². The summed E-state index contributed by atoms with van der Waals surface area (Å²) in [7, 11) is 0. The number of hydrogen-bond donors (Lipinski definition) is 1. The summed E-state index contributed by atoms with van der Waals surface area (Å²) in [4.78, 5) is 0. The Labute approximate surface area is 69.1 Å². The van der Waals surface area contributed by atoms with Crippen LogP contribution < -0.4 is 5.73 Å². The zero-order valence-electron chi connectivity index (χ0n) is 7.55. The highest BCUT2D eigenvalue weighted by molar-refractivity contribution is 4.73. The van der Waals surface area contributed by atoms with Crippen molar-refractivity contribution in [2.45, 2.75) is 45.3 Å². The number of nitrogens with two attached hydrogens (primary N) is 1. The van der Waals surface area contributed by atoms with Crippen molar-refractivity contribution in [3.05, 3.63) is 0 Å². The van der Waals surface area contributed by atoms with Gasteiger partial charge in [0, 0.05) is 12.6 Å². The molecule has 2 atom stereocenters. The monoisotopic (exact) mass is 157 g/mol. The lowest BCUT2D eigenvalue weighted by molar-refractivity contribution is 0.0484. The fraction of sp³-hybridized carbons (Fsp3) is 1.00. The molecule has 0 aromatic rings. The van der Waals surface area contributed by atoms with Crippen LogP contribution in [0.4, 0.5) is 0 Å². The Kier molecular flexibility index (Phi) is 3.34. The Morgan fingerprint density at radius 2 is 2.09 bits per heavy atom. The molecule has 0 aliphatic heterocycles. The molecule has 2 heteroatoms. The predicted octanol–water partition coefficient (Wildman–Crippen LogP) is 1.54. The van der Waals surface area contributed by atoms with Gasteiger partial charge in [-0.25, -0.2) is 0 Å². The average Bonchev–Trinajstić information content (AvgIpc) is 2.71. The molecule has 0 heterocycles. The second-order valence-corrected chi connectivity index (χ2v) is 3.67. The van der Waals surface area contributed by atoms with Crippen molar-refractivity contribution in [2.75, 3.05) is 6.61 Å². The van der Waals surface area contributed by atoms with Crippen LogP contribution in [0, 0.1) is 5.92 Å². The van der Waals surface area contributed by atoms with Crippen LogP contribution in [-0.4, -0.2) is 18.8 Å². The summed E-state index contributed by atoms with van der Waals surface area (Å²) in [5, 5.41) is 0. The largest absolute Gasteiger partial charge is 0.377 e. The highest BCUT2D eigenvalue weighted by Crippen LogP contribution is 2.32. The van der Waals surface area contributed by atoms with Crippen LogP contribution in [0.25, 0.3) is 0 Å². The Morgan fingerprint density at radius 3 is 2.55 bits per heavy atom. The van der Waals surface area contributed by atoms with Crippen LogP contribution >= 0.6 is 0 Å². The van der Waals surface area contributed by atoms with Crippen LogP contribution in [0.15, 0.2) is 0 Å². The second kappa shape index (κ2) is 4.07. The Balaban J connectivity index is 1.92. The van der Waals surface area contributed by atoms with Gasteiger partial charge in [-0.1, -0.05) is 12.8 Å². The van der Waals surface area contributed by atoms with E-state index < -0.39 is 0 Å². The maximum atomic E-state index is 5.64. The van der Waals surface area contributed by atoms with Crippen LogP contribution in [0.3, 0.4) is 0 Å². The van der Waals surface area contributed by atoms with E-state index in [-0.39, 0.29) is 12.1 Å². The van der Waals surface area contributed by atoms with Crippen molar-refractivity contribution in [1.82, 2.24) is 0 Å². The Bertz CT molecular complexity index is 110. The normalized spacial score (nSPS) is 23.2. The third-order valence-electron chi connectivity index (χ3n) is 2.34. The highest BCUT2D eigenvalue weighted by Gasteiger charge is 2.21. The number of rotatable bonds is 5. The summed E-state index contributed by atoms with van der Waals surface area (Å²) in [6, 6.07) is 0.161. The van der Waals surface area contributed by atoms with E-state index in [1.165, 1.54) is 19.3 Å². The van der Waals surface area contributed by atoms with Gasteiger partial charge in [0.15, 0.2) is 0 Å². The molecular formula is C9H19NO. The molecule has 0 bridgehead atoms. The Morgan fingerprint density at radius 1 is 1.45 bits per heavy atom. The molecule has 0 spiro atoms. The third kappa shape index (κ3) is 3.73. The third-order valence-corrected chi connectivity index (χ3v) is 2.34. The van der Waals surface area contributed by atoms with Gasteiger partial charge in [-0.05, 0) is 26.2 Å². The van der Waals surface area contributed by atoms with E-state index in [1.807, 2.05) is 13.8 Å². The van der Waals surface area contributed by atoms with Crippen molar-refractivity contribution in [2.24, 2.45) is 11.7 Å². The molecule has 0 aromatic heterocycles. The molecule has 1 saturated carbocycles. The van der Waals surface area contributed by atoms with Crippen molar-refractivity contribution in [3.63, 3.8) is 0 Å². The van der Waals surface area contributed by atoms with Gasteiger partial charge in [0.1, 0.15) is 0 Å². The van der Waals surface area contributed by atoms with Gasteiger partial charge in [0.2, 0.25) is 0 Å². The molecule has 1 fully saturated rings. The van der Waals surface area contributed by atoms with Crippen LogP contribution in [0.2, 0.25) is 0 Å². The fourth-order valence-electron chi connectivity index (χ4n) is 0.979. The van der Waals surface area contributed by atoms with Crippen molar-refractivity contribution in [3.8, 4) is 0 Å². The van der Waals surface area contributed by atoms with Crippen LogP contribution in [-0.2, 0) is 4.74 Å². The standard InChI is InChI=1S/C9H19NO/c1-7(10)8(2)11-6-5-9-3-4-9/h7-9H,3-6,10H2,1-2H3. The molecule has 2 unspecified atom stereocenters. The lowest BCUT2D eigenvalue weighted by Gasteiger charge is -2.16. The summed E-state index contributed by atoms with van der Waals surface area (Å²) in [5.41, 5.74) is 5.64. The maximum Gasteiger partial charge on any atom is 0.0695 e. The van der Waals surface area contributed by atoms with Crippen molar-refractivity contribution in [1.29, 1.82) is 0 Å². The fourth-order valence-corrected chi connectivity index (χ4v) is 0.979. The summed E-state index contributed by atoms with van der Waals surface area (Å²) >= 11 is 0. The maximum absolute atomic E-state index is 5.64. The summed E-state index contributed by atoms with van der Waals surface area (Å²) in [5.74, 6) is 0.968. The first-order valence-corrected chi connectivity index (χ1v) is 4.57. The first-order chi connectivity index (χ1) is 5.20. The molecule has 1 aliphatic rings. The molecule has 11 heavy (non-hydrogen) atoms. The van der Waals surface area contributed by atoms with Gasteiger partial charge in [-0.2, -0.15) is 0 Å². The average molecular weight is 157 g/mol. The molecular weight excluding hydrogens is 138 g/mol. The number of hydrogen-bond acceptors (Lipinski definition) is 2. The number of ether oxygens (including phenoxy) is 1. The minimum absolute atomic E-state index is 0.161. The molecule has 0 saturated heterocycles. The van der Waals surface area contributed by atoms with Gasteiger partial charge in [-0.15, -0.1) is 0 Å². The quantitative estimate of drug-likeness (QED) is 0.657. The van der Waals surface area contributed by atoms with E-state index in [4.69, 9.17) is 10.5 Å². The molecule has 66 valence electrons. The van der Waals surface area contributed by atoms with E-state index in [2.05, 4.69) is 0 Å². The van der Waals surface area contributed by atoms with Gasteiger partial charge in [0.25, 0.3) is 0 Å². The lowest BCUT2D eigenvalue weighted by Crippen LogP contribution is -2.31. The zero-order chi connectivity index (χ0) is 8.27. The van der Waals surface area contributed by atoms with E-state index in [0.29, 0.717) is 0 Å². The summed E-state index contributed by atoms with van der Waals surface area (Å²) in [6.45, 7) is 4.92. The van der Waals surface area contributed by atoms with Gasteiger partial charge < -0.3 is 10.5 Å². The molecule has 0 amide bonds. The van der Waals surface area contributed by atoms with Gasteiger partial charge in [0.05, 0.1) is 6.10 Å². The van der Waals surface area contributed by atoms with Crippen LogP contribution in [0.5, 0.6) is 0 Å². The van der Waals surface area contributed by atoms with E-state index in [1.54, 1.807) is 0 Å². The zero-order valence-corrected chi connectivity index (χ0v) is 7.55. The predicted molar refractivity (Wildman–Crippen MR) is 46.4 cm³/mol. The smallest absolute Gasteiger partial charge is 0.0695 e. The second-order valence-electron chi connectivity index (χ2n) is 3.67. The van der Waals surface area contributed by atoms with Crippen LogP contribution in [0.1, 0.15) is 33.1 Å². The van der Waals surface area contributed by atoms with E-state index in [0.717, 1.165) is 12.5 Å². The summed E-state index contributed by atoms with van der Waals surface area (Å²) in [6.07, 6.45) is 4.27. The minimum Gasteiger partial charge on any atom is -0.377 e. The SMILES string of the molecule is CC(N)C(C)OCCC1CC1. The molecule has 1 aliphatic carbocycles. The van der Waals surface area contributed by atoms with Crippen molar-refractivity contribution >= 4 is 0 Å². The first kappa shape index (κ1) is 9.01. The highest BCUT2D eigenvalue weighted by atomic mass is 16.5. The molecule has 2 N–H and O–H groups in total. The summed E-state index contributed by atoms with van der Waals surface area (Å²) < 4.78 is 5.53. The molecule has 0 radical (unpaired) electrons. The van der Waals surface area contributed by atoms with E-state index >= 15 is 0 Å². The molecule has 2 nitrogen and oxygen atoms in total. The van der Waals surface area contributed by atoms with E-state index in [9.17, 15) is 0 Å². The first-order valence-electron chi connectivity index (χ1n) is 4.57. The topological polar surface area (TPSA) is 35.2 Å². The minimum atomic E-state index is 0.161. The molecule has 1 rings (SSSR count). The Hall–Kier alpha value is -0.0800.